The zero-order chi connectivity index (χ0) is 17.6. The van der Waals surface area contributed by atoms with Crippen molar-refractivity contribution >= 4 is 21.5 Å². The van der Waals surface area contributed by atoms with Crippen molar-refractivity contribution in [1.82, 2.24) is 0 Å². The Balaban J connectivity index is 1.93. The molecule has 0 spiro atoms. The van der Waals surface area contributed by atoms with Crippen LogP contribution in [0.2, 0.25) is 0 Å². The van der Waals surface area contributed by atoms with E-state index in [1.165, 1.54) is 17.2 Å². The fourth-order valence-corrected chi connectivity index (χ4v) is 4.53. The summed E-state index contributed by atoms with van der Waals surface area (Å²) in [5, 5.41) is 17.0. The molecule has 4 aromatic rings. The second-order valence-electron chi connectivity index (χ2n) is 7.45. The Labute approximate surface area is 153 Å². The highest BCUT2D eigenvalue weighted by atomic mass is 16.3. The molecular weight excluding hydrogens is 316 g/mol. The van der Waals surface area contributed by atoms with E-state index in [9.17, 15) is 5.11 Å². The third-order valence-electron chi connectivity index (χ3n) is 6.06. The molecule has 0 unspecified atom stereocenters. The third-order valence-corrected chi connectivity index (χ3v) is 6.06. The molecule has 1 heteroatoms. The van der Waals surface area contributed by atoms with Crippen molar-refractivity contribution in [2.24, 2.45) is 5.92 Å². The quantitative estimate of drug-likeness (QED) is 0.452. The van der Waals surface area contributed by atoms with Crippen molar-refractivity contribution in [3.8, 4) is 0 Å². The van der Waals surface area contributed by atoms with Gasteiger partial charge in [-0.1, -0.05) is 85.3 Å². The van der Waals surface area contributed by atoms with E-state index in [-0.39, 0.29) is 5.92 Å². The minimum absolute atomic E-state index is 0.263. The molecule has 1 nitrogen and oxygen atoms in total. The number of fused-ring (bicyclic) bond motifs is 2. The van der Waals surface area contributed by atoms with Crippen LogP contribution in [0.15, 0.2) is 84.9 Å². The Kier molecular flexibility index (Phi) is 3.58. The SMILES string of the molecule is O[C@@](c1ccccc1)(c1c2ccccc2cc2ccccc12)C1CCC1. The molecule has 0 bridgehead atoms. The maximum absolute atomic E-state index is 12.3. The van der Waals surface area contributed by atoms with Crippen LogP contribution >= 0.6 is 0 Å². The first-order valence-electron chi connectivity index (χ1n) is 9.47. The average Bonchev–Trinajstić information content (AvgIpc) is 2.65. The van der Waals surface area contributed by atoms with E-state index in [1.54, 1.807) is 0 Å². The van der Waals surface area contributed by atoms with E-state index >= 15 is 0 Å². The summed E-state index contributed by atoms with van der Waals surface area (Å²) in [6.07, 6.45) is 3.34. The van der Waals surface area contributed by atoms with Gasteiger partial charge in [-0.3, -0.25) is 0 Å². The molecule has 128 valence electrons. The Morgan fingerprint density at radius 2 is 1.23 bits per heavy atom. The number of benzene rings is 4. The minimum atomic E-state index is -0.958. The molecule has 1 aliphatic rings. The standard InChI is InChI=1S/C25H22O/c26-25(21-13-8-14-21,20-11-2-1-3-12-20)24-22-15-6-4-9-18(22)17-19-10-5-7-16-23(19)24/h1-7,9-12,15-17,21,26H,8,13-14H2/t25-/m1/s1. The summed E-state index contributed by atoms with van der Waals surface area (Å²) >= 11 is 0. The summed E-state index contributed by atoms with van der Waals surface area (Å²) in [4.78, 5) is 0. The first-order valence-corrected chi connectivity index (χ1v) is 9.47. The number of hydrogen-bond donors (Lipinski definition) is 1. The highest BCUT2D eigenvalue weighted by Crippen LogP contribution is 2.50. The van der Waals surface area contributed by atoms with Gasteiger partial charge in [0.05, 0.1) is 0 Å². The van der Waals surface area contributed by atoms with Gasteiger partial charge in [0.25, 0.3) is 0 Å². The second kappa shape index (κ2) is 5.96. The number of aliphatic hydroxyl groups is 1. The van der Waals surface area contributed by atoms with E-state index < -0.39 is 5.60 Å². The van der Waals surface area contributed by atoms with Gasteiger partial charge in [-0.05, 0) is 51.9 Å². The highest BCUT2D eigenvalue weighted by Gasteiger charge is 2.44. The summed E-state index contributed by atoms with van der Waals surface area (Å²) in [6, 6.07) is 29.4. The summed E-state index contributed by atoms with van der Waals surface area (Å²) in [5.74, 6) is 0.263. The largest absolute Gasteiger partial charge is 0.380 e. The summed E-state index contributed by atoms with van der Waals surface area (Å²) in [5.41, 5.74) is 1.12. The number of hydrogen-bond acceptors (Lipinski definition) is 1. The summed E-state index contributed by atoms with van der Waals surface area (Å²) < 4.78 is 0. The van der Waals surface area contributed by atoms with Crippen LogP contribution in [-0.2, 0) is 5.60 Å². The van der Waals surface area contributed by atoms with Crippen LogP contribution in [0, 0.1) is 5.92 Å². The van der Waals surface area contributed by atoms with Gasteiger partial charge in [0.2, 0.25) is 0 Å². The lowest BCUT2D eigenvalue weighted by atomic mass is 9.65. The Morgan fingerprint density at radius 3 is 1.77 bits per heavy atom. The van der Waals surface area contributed by atoms with Crippen molar-refractivity contribution < 1.29 is 5.11 Å². The fraction of sp³-hybridized carbons (Fsp3) is 0.200. The Bertz CT molecular complexity index is 1020. The molecule has 0 aliphatic heterocycles. The Hall–Kier alpha value is -2.64. The molecular formula is C25H22O. The molecule has 1 atom stereocenters. The van der Waals surface area contributed by atoms with Gasteiger partial charge in [0.1, 0.15) is 5.60 Å². The summed E-state index contributed by atoms with van der Waals surface area (Å²) in [7, 11) is 0. The van der Waals surface area contributed by atoms with Crippen LogP contribution < -0.4 is 0 Å². The predicted molar refractivity (Wildman–Crippen MR) is 108 cm³/mol. The number of rotatable bonds is 3. The first kappa shape index (κ1) is 15.6. The van der Waals surface area contributed by atoms with E-state index in [4.69, 9.17) is 0 Å². The van der Waals surface area contributed by atoms with Crippen molar-refractivity contribution in [2.45, 2.75) is 24.9 Å². The zero-order valence-corrected chi connectivity index (χ0v) is 14.7. The molecule has 1 aliphatic carbocycles. The predicted octanol–water partition coefficient (Wildman–Crippen LogP) is 6.03. The van der Waals surface area contributed by atoms with Gasteiger partial charge in [0.15, 0.2) is 0 Å². The van der Waals surface area contributed by atoms with E-state index in [0.29, 0.717) is 0 Å². The molecule has 0 amide bonds. The molecule has 4 aromatic carbocycles. The van der Waals surface area contributed by atoms with Crippen LogP contribution in [0.4, 0.5) is 0 Å². The van der Waals surface area contributed by atoms with E-state index in [2.05, 4.69) is 66.7 Å². The van der Waals surface area contributed by atoms with Crippen molar-refractivity contribution in [3.63, 3.8) is 0 Å². The Morgan fingerprint density at radius 1 is 0.692 bits per heavy atom. The molecule has 1 saturated carbocycles. The van der Waals surface area contributed by atoms with Gasteiger partial charge >= 0.3 is 0 Å². The highest BCUT2D eigenvalue weighted by molar-refractivity contribution is 6.03. The van der Waals surface area contributed by atoms with Crippen LogP contribution in [0.1, 0.15) is 30.4 Å². The van der Waals surface area contributed by atoms with Crippen LogP contribution in [0.5, 0.6) is 0 Å². The first-order chi connectivity index (χ1) is 12.8. The lowest BCUT2D eigenvalue weighted by molar-refractivity contribution is -0.0176. The monoisotopic (exact) mass is 338 g/mol. The minimum Gasteiger partial charge on any atom is -0.380 e. The van der Waals surface area contributed by atoms with E-state index in [1.807, 2.05) is 18.2 Å². The lowest BCUT2D eigenvalue weighted by Crippen LogP contribution is -2.40. The van der Waals surface area contributed by atoms with Gasteiger partial charge in [-0.25, -0.2) is 0 Å². The summed E-state index contributed by atoms with van der Waals surface area (Å²) in [6.45, 7) is 0. The van der Waals surface area contributed by atoms with Crippen molar-refractivity contribution in [3.05, 3.63) is 96.1 Å². The molecule has 1 N–H and O–H groups in total. The normalized spacial score (nSPS) is 17.1. The van der Waals surface area contributed by atoms with Crippen LogP contribution in [-0.4, -0.2) is 5.11 Å². The fourth-order valence-electron chi connectivity index (χ4n) is 4.53. The molecule has 0 aromatic heterocycles. The van der Waals surface area contributed by atoms with Crippen molar-refractivity contribution in [1.29, 1.82) is 0 Å². The van der Waals surface area contributed by atoms with Gasteiger partial charge in [-0.2, -0.15) is 0 Å². The van der Waals surface area contributed by atoms with Gasteiger partial charge in [0, 0.05) is 5.56 Å². The van der Waals surface area contributed by atoms with E-state index in [0.717, 1.165) is 34.7 Å². The van der Waals surface area contributed by atoms with Crippen molar-refractivity contribution in [2.75, 3.05) is 0 Å². The maximum Gasteiger partial charge on any atom is 0.119 e. The van der Waals surface area contributed by atoms with Crippen LogP contribution in [0.25, 0.3) is 21.5 Å². The molecule has 0 heterocycles. The third kappa shape index (κ3) is 2.21. The molecule has 5 rings (SSSR count). The molecule has 0 saturated heterocycles. The van der Waals surface area contributed by atoms with Gasteiger partial charge in [-0.15, -0.1) is 0 Å². The van der Waals surface area contributed by atoms with Crippen LogP contribution in [0.3, 0.4) is 0 Å². The zero-order valence-electron chi connectivity index (χ0n) is 14.7. The van der Waals surface area contributed by atoms with Gasteiger partial charge < -0.3 is 5.11 Å². The maximum atomic E-state index is 12.3. The molecule has 26 heavy (non-hydrogen) atoms. The second-order valence-corrected chi connectivity index (χ2v) is 7.45. The topological polar surface area (TPSA) is 20.2 Å². The lowest BCUT2D eigenvalue weighted by Gasteiger charge is -2.43. The molecule has 0 radical (unpaired) electrons. The molecule has 1 fully saturated rings. The average molecular weight is 338 g/mol. The smallest absolute Gasteiger partial charge is 0.119 e.